The fourth-order valence-electron chi connectivity index (χ4n) is 3.02. The van der Waals surface area contributed by atoms with Crippen LogP contribution >= 0.6 is 0 Å². The predicted octanol–water partition coefficient (Wildman–Crippen LogP) is 1.71. The van der Waals surface area contributed by atoms with Gasteiger partial charge in [0.25, 0.3) is 0 Å². The molecule has 0 radical (unpaired) electrons. The second-order valence-electron chi connectivity index (χ2n) is 6.17. The Bertz CT molecular complexity index is 694. The summed E-state index contributed by atoms with van der Waals surface area (Å²) in [5.41, 5.74) is 0.830. The number of carbonyl (C=O) groups is 1. The molecule has 114 valence electrons. The van der Waals surface area contributed by atoms with E-state index in [0.717, 1.165) is 37.7 Å². The topological polar surface area (TPSA) is 83.5 Å². The lowest BCUT2D eigenvalue weighted by Gasteiger charge is -2.25. The maximum Gasteiger partial charge on any atom is 0.324 e. The first-order chi connectivity index (χ1) is 9.83. The zero-order valence-electron chi connectivity index (χ0n) is 11.9. The fraction of sp³-hybridized carbons (Fsp3) is 0.533. The minimum Gasteiger partial charge on any atom is -0.480 e. The Morgan fingerprint density at radius 1 is 1.29 bits per heavy atom. The lowest BCUT2D eigenvalue weighted by molar-refractivity contribution is -0.144. The molecule has 0 amide bonds. The van der Waals surface area contributed by atoms with E-state index in [2.05, 4.69) is 4.72 Å². The standard InChI is InChI=1S/C15H19NO4S/c1-15(14(17)18,12-6-7-12)16-21(19,20)13-8-5-10-3-2-4-11(10)9-13/h5,8-9,12,16H,2-4,6-7H2,1H3,(H,17,18)/t15-/m0/s1. The van der Waals surface area contributed by atoms with Gasteiger partial charge in [-0.2, -0.15) is 4.72 Å². The summed E-state index contributed by atoms with van der Waals surface area (Å²) in [5.74, 6) is -1.24. The van der Waals surface area contributed by atoms with E-state index in [9.17, 15) is 18.3 Å². The smallest absolute Gasteiger partial charge is 0.324 e. The summed E-state index contributed by atoms with van der Waals surface area (Å²) >= 11 is 0. The molecule has 2 aliphatic carbocycles. The SMILES string of the molecule is C[C@@](NS(=O)(=O)c1ccc2c(c1)CCC2)(C(=O)O)C1CC1. The Kier molecular flexibility index (Phi) is 3.33. The number of carboxylic acid groups (broad SMARTS) is 1. The molecule has 3 rings (SSSR count). The molecule has 2 N–H and O–H groups in total. The summed E-state index contributed by atoms with van der Waals surface area (Å²) in [7, 11) is -3.82. The van der Waals surface area contributed by atoms with Crippen molar-refractivity contribution in [3.63, 3.8) is 0 Å². The van der Waals surface area contributed by atoms with E-state index < -0.39 is 21.5 Å². The highest BCUT2D eigenvalue weighted by Crippen LogP contribution is 2.40. The lowest BCUT2D eigenvalue weighted by atomic mass is 9.98. The average Bonchev–Trinajstić information content (AvgIpc) is 3.16. The van der Waals surface area contributed by atoms with E-state index in [1.807, 2.05) is 6.07 Å². The third kappa shape index (κ3) is 2.58. The molecule has 0 spiro atoms. The number of hydrogen-bond donors (Lipinski definition) is 2. The number of hydrogen-bond acceptors (Lipinski definition) is 3. The molecular weight excluding hydrogens is 290 g/mol. The van der Waals surface area contributed by atoms with E-state index in [-0.39, 0.29) is 10.8 Å². The number of fused-ring (bicyclic) bond motifs is 1. The first kappa shape index (κ1) is 14.5. The first-order valence-electron chi connectivity index (χ1n) is 7.22. The van der Waals surface area contributed by atoms with Gasteiger partial charge in [-0.3, -0.25) is 4.79 Å². The number of sulfonamides is 1. The molecule has 0 aromatic heterocycles. The highest BCUT2D eigenvalue weighted by atomic mass is 32.2. The molecule has 1 atom stereocenters. The van der Waals surface area contributed by atoms with Gasteiger partial charge in [-0.15, -0.1) is 0 Å². The van der Waals surface area contributed by atoms with E-state index in [1.165, 1.54) is 12.5 Å². The van der Waals surface area contributed by atoms with E-state index >= 15 is 0 Å². The van der Waals surface area contributed by atoms with Crippen molar-refractivity contribution >= 4 is 16.0 Å². The zero-order chi connectivity index (χ0) is 15.3. The summed E-state index contributed by atoms with van der Waals surface area (Å²) < 4.78 is 27.4. The highest BCUT2D eigenvalue weighted by molar-refractivity contribution is 7.89. The van der Waals surface area contributed by atoms with Crippen molar-refractivity contribution in [2.45, 2.75) is 49.5 Å². The van der Waals surface area contributed by atoms with Gasteiger partial charge in [-0.05, 0) is 68.2 Å². The van der Waals surface area contributed by atoms with Crippen molar-refractivity contribution in [2.75, 3.05) is 0 Å². The minimum atomic E-state index is -3.82. The van der Waals surface area contributed by atoms with Crippen LogP contribution in [0.4, 0.5) is 0 Å². The van der Waals surface area contributed by atoms with Crippen molar-refractivity contribution < 1.29 is 18.3 Å². The molecule has 1 aromatic rings. The number of benzene rings is 1. The monoisotopic (exact) mass is 309 g/mol. The molecule has 0 heterocycles. The number of aryl methyl sites for hydroxylation is 2. The van der Waals surface area contributed by atoms with Gasteiger partial charge in [0.05, 0.1) is 4.90 Å². The van der Waals surface area contributed by atoms with Crippen LogP contribution in [0, 0.1) is 5.92 Å². The Labute approximate surface area is 124 Å². The van der Waals surface area contributed by atoms with Gasteiger partial charge < -0.3 is 5.11 Å². The van der Waals surface area contributed by atoms with E-state index in [0.29, 0.717) is 0 Å². The molecule has 1 saturated carbocycles. The van der Waals surface area contributed by atoms with Gasteiger partial charge in [0.2, 0.25) is 10.0 Å². The third-order valence-corrected chi connectivity index (χ3v) is 6.13. The van der Waals surface area contributed by atoms with Gasteiger partial charge in [-0.25, -0.2) is 8.42 Å². The number of aliphatic carboxylic acids is 1. The quantitative estimate of drug-likeness (QED) is 0.867. The van der Waals surface area contributed by atoms with Crippen LogP contribution in [0.3, 0.4) is 0 Å². The van der Waals surface area contributed by atoms with E-state index in [1.54, 1.807) is 12.1 Å². The van der Waals surface area contributed by atoms with Crippen molar-refractivity contribution in [1.29, 1.82) is 0 Å². The van der Waals surface area contributed by atoms with Crippen molar-refractivity contribution in [3.8, 4) is 0 Å². The maximum absolute atomic E-state index is 12.5. The van der Waals surface area contributed by atoms with Crippen LogP contribution in [-0.4, -0.2) is 25.0 Å². The molecule has 1 fully saturated rings. The second-order valence-corrected chi connectivity index (χ2v) is 7.85. The maximum atomic E-state index is 12.5. The lowest BCUT2D eigenvalue weighted by Crippen LogP contribution is -2.53. The van der Waals surface area contributed by atoms with Crippen LogP contribution in [0.1, 0.15) is 37.3 Å². The molecule has 0 aliphatic heterocycles. The molecule has 2 aliphatic rings. The van der Waals surface area contributed by atoms with Crippen LogP contribution in [0.15, 0.2) is 23.1 Å². The fourth-order valence-corrected chi connectivity index (χ4v) is 4.49. The van der Waals surface area contributed by atoms with Gasteiger partial charge in [0.1, 0.15) is 5.54 Å². The predicted molar refractivity (Wildman–Crippen MR) is 77.6 cm³/mol. The van der Waals surface area contributed by atoms with Gasteiger partial charge in [0.15, 0.2) is 0 Å². The van der Waals surface area contributed by atoms with E-state index in [4.69, 9.17) is 0 Å². The summed E-state index contributed by atoms with van der Waals surface area (Å²) in [5, 5.41) is 9.38. The minimum absolute atomic E-state index is 0.126. The Morgan fingerprint density at radius 3 is 2.57 bits per heavy atom. The van der Waals surface area contributed by atoms with Gasteiger partial charge >= 0.3 is 5.97 Å². The molecule has 0 bridgehead atoms. The molecule has 1 aromatic carbocycles. The van der Waals surface area contributed by atoms with Crippen molar-refractivity contribution in [1.82, 2.24) is 4.72 Å². The Morgan fingerprint density at radius 2 is 1.95 bits per heavy atom. The Hall–Kier alpha value is -1.40. The summed E-state index contributed by atoms with van der Waals surface area (Å²) in [6.45, 7) is 1.46. The summed E-state index contributed by atoms with van der Waals surface area (Å²) in [6.07, 6.45) is 4.40. The van der Waals surface area contributed by atoms with Crippen molar-refractivity contribution in [3.05, 3.63) is 29.3 Å². The zero-order valence-corrected chi connectivity index (χ0v) is 12.7. The number of carboxylic acids is 1. The van der Waals surface area contributed by atoms with Gasteiger partial charge in [-0.1, -0.05) is 6.07 Å². The average molecular weight is 309 g/mol. The third-order valence-electron chi connectivity index (χ3n) is 4.56. The summed E-state index contributed by atoms with van der Waals surface area (Å²) in [4.78, 5) is 11.6. The molecule has 6 heteroatoms. The van der Waals surface area contributed by atoms with Crippen LogP contribution in [-0.2, 0) is 27.7 Å². The second kappa shape index (κ2) is 4.81. The highest BCUT2D eigenvalue weighted by Gasteiger charge is 2.50. The largest absolute Gasteiger partial charge is 0.480 e. The van der Waals surface area contributed by atoms with Crippen LogP contribution in [0.5, 0.6) is 0 Å². The molecule has 5 nitrogen and oxygen atoms in total. The van der Waals surface area contributed by atoms with Crippen molar-refractivity contribution in [2.24, 2.45) is 5.92 Å². The van der Waals surface area contributed by atoms with Crippen LogP contribution < -0.4 is 4.72 Å². The molecule has 0 unspecified atom stereocenters. The molecule has 21 heavy (non-hydrogen) atoms. The summed E-state index contributed by atoms with van der Waals surface area (Å²) in [6, 6.07) is 5.09. The normalized spacial score (nSPS) is 20.8. The van der Waals surface area contributed by atoms with Crippen LogP contribution in [0.2, 0.25) is 0 Å². The van der Waals surface area contributed by atoms with Gasteiger partial charge in [0, 0.05) is 0 Å². The molecular formula is C15H19NO4S. The molecule has 0 saturated heterocycles. The van der Waals surface area contributed by atoms with Crippen LogP contribution in [0.25, 0.3) is 0 Å². The number of nitrogens with one attached hydrogen (secondary N) is 1. The number of rotatable bonds is 5. The Balaban J connectivity index is 1.91. The first-order valence-corrected chi connectivity index (χ1v) is 8.70.